The molecule has 0 bridgehead atoms. The van der Waals surface area contributed by atoms with E-state index in [9.17, 15) is 14.4 Å². The van der Waals surface area contributed by atoms with Gasteiger partial charge in [0.1, 0.15) is 11.3 Å². The molecule has 0 atom stereocenters. The summed E-state index contributed by atoms with van der Waals surface area (Å²) in [5.74, 6) is -0.660. The molecule has 0 unspecified atom stereocenters. The summed E-state index contributed by atoms with van der Waals surface area (Å²) < 4.78 is 16.1. The Hall–Kier alpha value is -3.43. The fourth-order valence-corrected chi connectivity index (χ4v) is 4.33. The normalized spacial score (nSPS) is 18.5. The largest absolute Gasteiger partial charge is 0.493 e. The zero-order valence-electron chi connectivity index (χ0n) is 16.4. The number of amides is 1. The summed E-state index contributed by atoms with van der Waals surface area (Å²) in [5.41, 5.74) is 0.600. The van der Waals surface area contributed by atoms with E-state index < -0.39 is 17.7 Å². The smallest absolute Gasteiger partial charge is 0.349 e. The highest BCUT2D eigenvalue weighted by Gasteiger charge is 2.36. The lowest BCUT2D eigenvalue weighted by molar-refractivity contribution is -0.130. The second-order valence-electron chi connectivity index (χ2n) is 6.39. The predicted molar refractivity (Wildman–Crippen MR) is 119 cm³/mol. The van der Waals surface area contributed by atoms with Crippen LogP contribution in [0.3, 0.4) is 0 Å². The molecule has 2 heterocycles. The molecule has 2 aromatic carbocycles. The van der Waals surface area contributed by atoms with Gasteiger partial charge in [0, 0.05) is 11.8 Å². The molecule has 0 aliphatic carbocycles. The van der Waals surface area contributed by atoms with Gasteiger partial charge in [-0.1, -0.05) is 48.2 Å². The van der Waals surface area contributed by atoms with E-state index in [2.05, 4.69) is 0 Å². The first kappa shape index (κ1) is 20.8. The van der Waals surface area contributed by atoms with E-state index in [4.69, 9.17) is 26.4 Å². The van der Waals surface area contributed by atoms with E-state index in [1.54, 1.807) is 42.5 Å². The molecule has 0 saturated carbocycles. The van der Waals surface area contributed by atoms with Crippen molar-refractivity contribution in [1.82, 2.24) is 4.90 Å². The number of Topliss-reactive ketones (excluding diaryl/α,β-unsaturated/α-hetero) is 1. The van der Waals surface area contributed by atoms with Gasteiger partial charge < -0.3 is 14.2 Å². The van der Waals surface area contributed by atoms with E-state index in [-0.39, 0.29) is 21.2 Å². The lowest BCUT2D eigenvalue weighted by atomic mass is 10.0. The van der Waals surface area contributed by atoms with Crippen molar-refractivity contribution in [3.8, 4) is 17.2 Å². The van der Waals surface area contributed by atoms with Gasteiger partial charge in [-0.25, -0.2) is 4.79 Å². The number of nitrogens with zero attached hydrogens (tertiary/aromatic N) is 1. The van der Waals surface area contributed by atoms with E-state index in [1.807, 2.05) is 0 Å². The third-order valence-electron chi connectivity index (χ3n) is 4.60. The molecule has 0 spiro atoms. The van der Waals surface area contributed by atoms with E-state index >= 15 is 0 Å². The molecule has 1 fully saturated rings. The number of thiocarbonyl (C=S) groups is 1. The average Bonchev–Trinajstić information content (AvgIpc) is 3.03. The van der Waals surface area contributed by atoms with Gasteiger partial charge >= 0.3 is 5.97 Å². The Morgan fingerprint density at radius 1 is 1.03 bits per heavy atom. The van der Waals surface area contributed by atoms with Crippen molar-refractivity contribution in [3.63, 3.8) is 0 Å². The van der Waals surface area contributed by atoms with Crippen molar-refractivity contribution >= 4 is 52.0 Å². The minimum absolute atomic E-state index is 0.185. The van der Waals surface area contributed by atoms with Gasteiger partial charge in [-0.15, -0.1) is 0 Å². The van der Waals surface area contributed by atoms with Crippen molar-refractivity contribution in [2.24, 2.45) is 0 Å². The number of rotatable bonds is 4. The summed E-state index contributed by atoms with van der Waals surface area (Å²) in [5, 5.41) is 0. The number of fused-ring (bicyclic) bond motifs is 1. The third kappa shape index (κ3) is 3.73. The lowest BCUT2D eigenvalue weighted by Crippen LogP contribution is -2.30. The summed E-state index contributed by atoms with van der Waals surface area (Å²) in [6, 6.07) is 11.7. The van der Waals surface area contributed by atoms with Crippen molar-refractivity contribution in [2.75, 3.05) is 14.2 Å². The van der Waals surface area contributed by atoms with Gasteiger partial charge in [0.15, 0.2) is 15.8 Å². The van der Waals surface area contributed by atoms with Crippen LogP contribution in [0.25, 0.3) is 6.08 Å². The van der Waals surface area contributed by atoms with Crippen LogP contribution in [0.1, 0.15) is 15.9 Å². The quantitative estimate of drug-likeness (QED) is 0.228. The molecule has 2 aliphatic rings. The monoisotopic (exact) mass is 453 g/mol. The van der Waals surface area contributed by atoms with Crippen LogP contribution in [-0.2, 0) is 9.59 Å². The van der Waals surface area contributed by atoms with Crippen LogP contribution in [0.15, 0.2) is 59.1 Å². The summed E-state index contributed by atoms with van der Waals surface area (Å²) in [4.78, 5) is 39.5. The first-order valence-corrected chi connectivity index (χ1v) is 10.2. The maximum absolute atomic E-state index is 13.0. The zero-order valence-corrected chi connectivity index (χ0v) is 18.0. The molecule has 1 amide bonds. The number of methoxy groups -OCH3 is 2. The second kappa shape index (κ2) is 8.37. The molecule has 0 aromatic heterocycles. The molecule has 156 valence electrons. The van der Waals surface area contributed by atoms with Crippen LogP contribution < -0.4 is 14.2 Å². The van der Waals surface area contributed by atoms with E-state index in [0.717, 1.165) is 22.9 Å². The fraction of sp³-hybridized carbons (Fsp3) is 0.0909. The predicted octanol–water partition coefficient (Wildman–Crippen LogP) is 3.59. The number of hydrogen-bond acceptors (Lipinski definition) is 8. The van der Waals surface area contributed by atoms with Crippen LogP contribution in [0.4, 0.5) is 0 Å². The number of carbonyl (C=O) groups excluding carboxylic acids is 3. The highest BCUT2D eigenvalue weighted by atomic mass is 32.2. The van der Waals surface area contributed by atoms with Gasteiger partial charge in [-0.05, 0) is 24.3 Å². The molecule has 31 heavy (non-hydrogen) atoms. The third-order valence-corrected chi connectivity index (χ3v) is 5.93. The summed E-state index contributed by atoms with van der Waals surface area (Å²) >= 11 is 6.36. The van der Waals surface area contributed by atoms with Gasteiger partial charge in [-0.2, -0.15) is 0 Å². The summed E-state index contributed by atoms with van der Waals surface area (Å²) in [6.45, 7) is 0. The first-order valence-electron chi connectivity index (χ1n) is 9.00. The molecule has 2 aromatic rings. The SMILES string of the molecule is COc1cccc(C=C2SC(=S)N(C=C3C(=O)Oc4ccccc4C3=O)C2=O)c1OC. The van der Waals surface area contributed by atoms with Crippen molar-refractivity contribution in [1.29, 1.82) is 0 Å². The maximum Gasteiger partial charge on any atom is 0.349 e. The molecular weight excluding hydrogens is 438 g/mol. The number of benzene rings is 2. The number of hydrogen-bond donors (Lipinski definition) is 0. The number of para-hydroxylation sites is 2. The number of ether oxygens (including phenoxy) is 3. The highest BCUT2D eigenvalue weighted by molar-refractivity contribution is 8.26. The standard InChI is InChI=1S/C22H15NO6S2/c1-27-16-9-5-6-12(19(16)28-2)10-17-20(25)23(22(30)31-17)11-14-18(24)13-7-3-4-8-15(13)29-21(14)26/h3-11H,1-2H3. The van der Waals surface area contributed by atoms with Crippen molar-refractivity contribution in [2.45, 2.75) is 0 Å². The number of ketones is 1. The van der Waals surface area contributed by atoms with Crippen LogP contribution in [-0.4, -0.2) is 41.1 Å². The molecule has 9 heteroatoms. The second-order valence-corrected chi connectivity index (χ2v) is 8.07. The van der Waals surface area contributed by atoms with Crippen molar-refractivity contribution in [3.05, 3.63) is 70.3 Å². The summed E-state index contributed by atoms with van der Waals surface area (Å²) in [6.07, 6.45) is 2.76. The average molecular weight is 453 g/mol. The minimum atomic E-state index is -0.837. The van der Waals surface area contributed by atoms with Gasteiger partial charge in [0.2, 0.25) is 5.78 Å². The Morgan fingerprint density at radius 2 is 1.81 bits per heavy atom. The van der Waals surface area contributed by atoms with E-state index in [1.165, 1.54) is 20.3 Å². The van der Waals surface area contributed by atoms with Crippen LogP contribution in [0.5, 0.6) is 17.2 Å². The van der Waals surface area contributed by atoms with E-state index in [0.29, 0.717) is 22.0 Å². The Morgan fingerprint density at radius 3 is 2.55 bits per heavy atom. The molecule has 0 N–H and O–H groups in total. The Bertz CT molecular complexity index is 1200. The maximum atomic E-state index is 13.0. The Balaban J connectivity index is 1.68. The van der Waals surface area contributed by atoms with Crippen molar-refractivity contribution < 1.29 is 28.6 Å². The zero-order chi connectivity index (χ0) is 22.1. The fourth-order valence-electron chi connectivity index (χ4n) is 3.13. The van der Waals surface area contributed by atoms with Gasteiger partial charge in [0.25, 0.3) is 5.91 Å². The van der Waals surface area contributed by atoms with Gasteiger partial charge in [-0.3, -0.25) is 14.5 Å². The molecule has 2 aliphatic heterocycles. The Kier molecular flexibility index (Phi) is 5.62. The number of carbonyl (C=O) groups is 3. The minimum Gasteiger partial charge on any atom is -0.493 e. The Labute approximate surface area is 187 Å². The topological polar surface area (TPSA) is 82.1 Å². The lowest BCUT2D eigenvalue weighted by Gasteiger charge is -2.18. The van der Waals surface area contributed by atoms with Crippen LogP contribution >= 0.6 is 24.0 Å². The molecule has 4 rings (SSSR count). The molecular formula is C22H15NO6S2. The summed E-state index contributed by atoms with van der Waals surface area (Å²) in [7, 11) is 3.02. The highest BCUT2D eigenvalue weighted by Crippen LogP contribution is 2.38. The van der Waals surface area contributed by atoms with Crippen LogP contribution in [0.2, 0.25) is 0 Å². The van der Waals surface area contributed by atoms with Gasteiger partial charge in [0.05, 0.1) is 24.7 Å². The molecule has 1 saturated heterocycles. The molecule has 0 radical (unpaired) electrons. The first-order chi connectivity index (χ1) is 14.9. The number of esters is 1. The van der Waals surface area contributed by atoms with Crippen LogP contribution in [0, 0.1) is 0 Å². The molecule has 7 nitrogen and oxygen atoms in total. The number of thioether (sulfide) groups is 1.